The third-order valence-electron chi connectivity index (χ3n) is 5.51. The van der Waals surface area contributed by atoms with E-state index < -0.39 is 0 Å². The van der Waals surface area contributed by atoms with E-state index in [1.54, 1.807) is 28.7 Å². The third-order valence-corrected chi connectivity index (χ3v) is 6.44. The van der Waals surface area contributed by atoms with Crippen molar-refractivity contribution >= 4 is 40.0 Å². The summed E-state index contributed by atoms with van der Waals surface area (Å²) >= 11 is 1.25. The molecule has 2 aromatic heterocycles. The van der Waals surface area contributed by atoms with Crippen molar-refractivity contribution < 1.29 is 9.53 Å². The molecule has 8 nitrogen and oxygen atoms in total. The van der Waals surface area contributed by atoms with Crippen molar-refractivity contribution in [1.29, 1.82) is 0 Å². The van der Waals surface area contributed by atoms with Gasteiger partial charge in [-0.25, -0.2) is 0 Å². The number of para-hydroxylation sites is 1. The van der Waals surface area contributed by atoms with Crippen LogP contribution >= 0.6 is 11.8 Å². The summed E-state index contributed by atoms with van der Waals surface area (Å²) in [7, 11) is 0. The molecule has 0 spiro atoms. The van der Waals surface area contributed by atoms with Gasteiger partial charge < -0.3 is 10.1 Å². The fraction of sp³-hybridized carbons (Fsp3) is 0.111. The summed E-state index contributed by atoms with van der Waals surface area (Å²) in [6, 6.07) is 24.5. The van der Waals surface area contributed by atoms with Gasteiger partial charge in [0, 0.05) is 12.2 Å². The second-order valence-electron chi connectivity index (χ2n) is 7.98. The number of benzene rings is 3. The highest BCUT2D eigenvalue weighted by molar-refractivity contribution is 7.99. The van der Waals surface area contributed by atoms with Gasteiger partial charge in [0.15, 0.2) is 5.16 Å². The lowest BCUT2D eigenvalue weighted by Gasteiger charge is -2.10. The Morgan fingerprint density at radius 3 is 2.53 bits per heavy atom. The van der Waals surface area contributed by atoms with Crippen LogP contribution in [0.4, 0.5) is 5.69 Å². The van der Waals surface area contributed by atoms with Crippen molar-refractivity contribution in [1.82, 2.24) is 19.2 Å². The summed E-state index contributed by atoms with van der Waals surface area (Å²) in [5.74, 6) is 1.08. The molecule has 0 aliphatic heterocycles. The summed E-state index contributed by atoms with van der Waals surface area (Å²) in [4.78, 5) is 25.5. The average molecular weight is 498 g/mol. The fourth-order valence-corrected chi connectivity index (χ4v) is 4.56. The zero-order chi connectivity index (χ0) is 24.9. The van der Waals surface area contributed by atoms with Crippen molar-refractivity contribution in [3.8, 4) is 5.75 Å². The SMILES string of the molecule is C=CCn1c(=O)c2ccccc2n2c(SCC(=O)Nc3ccc(OCc4ccccc4)cc3)nnc12. The minimum atomic E-state index is -0.182. The molecule has 9 heteroatoms. The quantitative estimate of drug-likeness (QED) is 0.238. The summed E-state index contributed by atoms with van der Waals surface area (Å²) in [6.07, 6.45) is 1.64. The van der Waals surface area contributed by atoms with Gasteiger partial charge in [-0.2, -0.15) is 0 Å². The largest absolute Gasteiger partial charge is 0.489 e. The molecule has 5 aromatic rings. The van der Waals surface area contributed by atoms with Crippen molar-refractivity contribution in [3.63, 3.8) is 0 Å². The van der Waals surface area contributed by atoms with Gasteiger partial charge in [0.1, 0.15) is 12.4 Å². The predicted molar refractivity (Wildman–Crippen MR) is 142 cm³/mol. The summed E-state index contributed by atoms with van der Waals surface area (Å²) in [5.41, 5.74) is 2.29. The predicted octanol–water partition coefficient (Wildman–Crippen LogP) is 4.54. The molecule has 0 radical (unpaired) electrons. The Morgan fingerprint density at radius 2 is 1.75 bits per heavy atom. The summed E-state index contributed by atoms with van der Waals surface area (Å²) < 4.78 is 9.12. The molecule has 0 aliphatic carbocycles. The smallest absolute Gasteiger partial charge is 0.263 e. The Hall–Kier alpha value is -4.37. The molecular formula is C27H23N5O3S. The van der Waals surface area contributed by atoms with Crippen LogP contribution in [-0.4, -0.2) is 30.8 Å². The lowest BCUT2D eigenvalue weighted by atomic mass is 10.2. The molecule has 0 fully saturated rings. The van der Waals surface area contributed by atoms with Crippen molar-refractivity contribution in [2.45, 2.75) is 18.3 Å². The zero-order valence-corrected chi connectivity index (χ0v) is 20.1. The number of hydrogen-bond donors (Lipinski definition) is 1. The van der Waals surface area contributed by atoms with Crippen LogP contribution in [0.25, 0.3) is 16.7 Å². The highest BCUT2D eigenvalue weighted by Crippen LogP contribution is 2.22. The maximum atomic E-state index is 12.9. The van der Waals surface area contributed by atoms with Gasteiger partial charge in [-0.05, 0) is 42.0 Å². The van der Waals surface area contributed by atoms with Crippen LogP contribution in [0.5, 0.6) is 5.75 Å². The summed E-state index contributed by atoms with van der Waals surface area (Å²) in [6.45, 7) is 4.52. The second kappa shape index (κ2) is 10.5. The number of hydrogen-bond acceptors (Lipinski definition) is 6. The van der Waals surface area contributed by atoms with Gasteiger partial charge in [-0.1, -0.05) is 60.3 Å². The fourth-order valence-electron chi connectivity index (χ4n) is 3.82. The Kier molecular flexibility index (Phi) is 6.81. The first kappa shape index (κ1) is 23.4. The molecule has 0 atom stereocenters. The van der Waals surface area contributed by atoms with Gasteiger partial charge in [-0.15, -0.1) is 16.8 Å². The molecule has 180 valence electrons. The highest BCUT2D eigenvalue weighted by atomic mass is 32.2. The Bertz CT molecular complexity index is 1590. The minimum absolute atomic E-state index is 0.127. The number of carbonyl (C=O) groups excluding carboxylic acids is 1. The molecule has 36 heavy (non-hydrogen) atoms. The number of nitrogens with one attached hydrogen (secondary N) is 1. The van der Waals surface area contributed by atoms with Crippen molar-refractivity contribution in [2.75, 3.05) is 11.1 Å². The van der Waals surface area contributed by atoms with Crippen LogP contribution in [0.15, 0.2) is 101 Å². The van der Waals surface area contributed by atoms with Gasteiger partial charge in [0.05, 0.1) is 16.7 Å². The first-order chi connectivity index (χ1) is 17.6. The van der Waals surface area contributed by atoms with Crippen LogP contribution in [0.3, 0.4) is 0 Å². The number of allylic oxidation sites excluding steroid dienone is 1. The maximum absolute atomic E-state index is 12.9. The van der Waals surface area contributed by atoms with Crippen LogP contribution in [-0.2, 0) is 17.9 Å². The van der Waals surface area contributed by atoms with Crippen LogP contribution in [0.1, 0.15) is 5.56 Å². The van der Waals surface area contributed by atoms with Crippen LogP contribution < -0.4 is 15.6 Å². The number of carbonyl (C=O) groups is 1. The Labute approximate surface area is 211 Å². The van der Waals surface area contributed by atoms with Gasteiger partial charge in [0.25, 0.3) is 5.56 Å². The molecule has 0 saturated heterocycles. The number of anilines is 1. The van der Waals surface area contributed by atoms with E-state index in [1.165, 1.54) is 16.3 Å². The number of aromatic nitrogens is 4. The van der Waals surface area contributed by atoms with Gasteiger partial charge >= 0.3 is 0 Å². The van der Waals surface area contributed by atoms with Gasteiger partial charge in [-0.3, -0.25) is 18.6 Å². The first-order valence-corrected chi connectivity index (χ1v) is 12.3. The van der Waals surface area contributed by atoms with Crippen LogP contribution in [0, 0.1) is 0 Å². The molecular weight excluding hydrogens is 474 g/mol. The molecule has 0 saturated carbocycles. The number of ether oxygens (including phenoxy) is 1. The third kappa shape index (κ3) is 4.87. The van der Waals surface area contributed by atoms with E-state index in [0.717, 1.165) is 11.3 Å². The van der Waals surface area contributed by atoms with Crippen molar-refractivity contribution in [3.05, 3.63) is 107 Å². The monoisotopic (exact) mass is 497 g/mol. The number of amides is 1. The van der Waals surface area contributed by atoms with E-state index in [0.29, 0.717) is 40.7 Å². The molecule has 0 unspecified atom stereocenters. The molecule has 1 N–H and O–H groups in total. The van der Waals surface area contributed by atoms with Gasteiger partial charge in [0.2, 0.25) is 11.7 Å². The minimum Gasteiger partial charge on any atom is -0.489 e. The van der Waals surface area contributed by atoms with E-state index in [9.17, 15) is 9.59 Å². The molecule has 0 aliphatic rings. The number of nitrogens with zero attached hydrogens (tertiary/aromatic N) is 4. The topological polar surface area (TPSA) is 90.5 Å². The van der Waals surface area contributed by atoms with Crippen LogP contribution in [0.2, 0.25) is 0 Å². The van der Waals surface area contributed by atoms with E-state index in [4.69, 9.17) is 4.74 Å². The molecule has 0 bridgehead atoms. The Balaban J connectivity index is 1.27. The van der Waals surface area contributed by atoms with Crippen molar-refractivity contribution in [2.24, 2.45) is 0 Å². The molecule has 3 aromatic carbocycles. The molecule has 1 amide bonds. The highest BCUT2D eigenvalue weighted by Gasteiger charge is 2.17. The summed E-state index contributed by atoms with van der Waals surface area (Å²) in [5, 5.41) is 12.4. The lowest BCUT2D eigenvalue weighted by molar-refractivity contribution is -0.113. The van der Waals surface area contributed by atoms with E-state index in [-0.39, 0.29) is 17.2 Å². The molecule has 5 rings (SSSR count). The lowest BCUT2D eigenvalue weighted by Crippen LogP contribution is -2.22. The zero-order valence-electron chi connectivity index (χ0n) is 19.3. The number of rotatable bonds is 9. The van der Waals surface area contributed by atoms with E-state index in [2.05, 4.69) is 22.1 Å². The number of thioether (sulfide) groups is 1. The number of fused-ring (bicyclic) bond motifs is 3. The Morgan fingerprint density at radius 1 is 1.00 bits per heavy atom. The second-order valence-corrected chi connectivity index (χ2v) is 8.92. The average Bonchev–Trinajstić information content (AvgIpc) is 3.34. The molecule has 2 heterocycles. The first-order valence-electron chi connectivity index (χ1n) is 11.3. The normalized spacial score (nSPS) is 11.0. The maximum Gasteiger partial charge on any atom is 0.263 e. The van der Waals surface area contributed by atoms with E-state index in [1.807, 2.05) is 60.7 Å². The standard InChI is InChI=1S/C27H23N5O3S/c1-2-16-31-25(34)22-10-6-7-11-23(22)32-26(31)29-30-27(32)36-18-24(33)28-20-12-14-21(15-13-20)35-17-19-8-4-3-5-9-19/h2-15H,1,16-18H2,(H,28,33). The van der Waals surface area contributed by atoms with E-state index >= 15 is 0 Å².